The van der Waals surface area contributed by atoms with Crippen LogP contribution < -0.4 is 9.47 Å². The van der Waals surface area contributed by atoms with Crippen LogP contribution >= 0.6 is 35.0 Å². The van der Waals surface area contributed by atoms with Crippen LogP contribution in [0.25, 0.3) is 6.08 Å². The van der Waals surface area contributed by atoms with E-state index in [9.17, 15) is 9.59 Å². The third-order valence-electron chi connectivity index (χ3n) is 4.54. The lowest BCUT2D eigenvalue weighted by molar-refractivity contribution is -0.123. The minimum atomic E-state index is -0.375. The van der Waals surface area contributed by atoms with Gasteiger partial charge in [0.15, 0.2) is 11.5 Å². The van der Waals surface area contributed by atoms with Gasteiger partial charge in [0, 0.05) is 15.6 Å². The van der Waals surface area contributed by atoms with Gasteiger partial charge in [-0.05, 0) is 66.6 Å². The van der Waals surface area contributed by atoms with Crippen LogP contribution in [0.3, 0.4) is 0 Å². The van der Waals surface area contributed by atoms with E-state index in [0.717, 1.165) is 22.9 Å². The van der Waals surface area contributed by atoms with Gasteiger partial charge in [-0.2, -0.15) is 0 Å². The van der Waals surface area contributed by atoms with Crippen molar-refractivity contribution in [2.24, 2.45) is 0 Å². The zero-order valence-electron chi connectivity index (χ0n) is 17.1. The van der Waals surface area contributed by atoms with E-state index < -0.39 is 0 Å². The highest BCUT2D eigenvalue weighted by molar-refractivity contribution is 8.18. The number of ether oxygens (including phenoxy) is 2. The van der Waals surface area contributed by atoms with Crippen LogP contribution in [0.2, 0.25) is 10.0 Å². The molecule has 0 N–H and O–H groups in total. The fourth-order valence-electron chi connectivity index (χ4n) is 3.18. The molecule has 0 aromatic heterocycles. The van der Waals surface area contributed by atoms with Crippen LogP contribution in [-0.4, -0.2) is 29.8 Å². The van der Waals surface area contributed by atoms with Gasteiger partial charge in [0.1, 0.15) is 0 Å². The Morgan fingerprint density at radius 1 is 1.16 bits per heavy atom. The normalized spacial score (nSPS) is 15.0. The number of carbonyl (C=O) groups excluding carboxylic acids is 2. The Balaban J connectivity index is 1.92. The number of halogens is 2. The summed E-state index contributed by atoms with van der Waals surface area (Å²) in [5, 5.41) is 0.538. The van der Waals surface area contributed by atoms with Gasteiger partial charge in [-0.1, -0.05) is 35.3 Å². The molecule has 1 aliphatic heterocycles. The minimum Gasteiger partial charge on any atom is -0.493 e. The maximum absolute atomic E-state index is 12.9. The van der Waals surface area contributed by atoms with Gasteiger partial charge >= 0.3 is 0 Å². The van der Waals surface area contributed by atoms with Crippen LogP contribution in [-0.2, 0) is 17.8 Å². The summed E-state index contributed by atoms with van der Waals surface area (Å²) in [4.78, 5) is 26.9. The van der Waals surface area contributed by atoms with Gasteiger partial charge in [-0.3, -0.25) is 14.5 Å². The van der Waals surface area contributed by atoms with Gasteiger partial charge < -0.3 is 9.47 Å². The molecule has 5 nitrogen and oxygen atoms in total. The lowest BCUT2D eigenvalue weighted by atomic mass is 10.0. The van der Waals surface area contributed by atoms with E-state index in [4.69, 9.17) is 32.7 Å². The van der Waals surface area contributed by atoms with Crippen molar-refractivity contribution in [2.75, 3.05) is 13.7 Å². The first-order valence-corrected chi connectivity index (χ1v) is 11.1. The second-order valence-electron chi connectivity index (χ2n) is 6.64. The van der Waals surface area contributed by atoms with Gasteiger partial charge in [0.25, 0.3) is 11.1 Å². The van der Waals surface area contributed by atoms with E-state index in [1.165, 1.54) is 4.90 Å². The highest BCUT2D eigenvalue weighted by Gasteiger charge is 2.35. The maximum Gasteiger partial charge on any atom is 0.293 e. The van der Waals surface area contributed by atoms with Crippen LogP contribution in [0.4, 0.5) is 4.79 Å². The third kappa shape index (κ3) is 5.26. The van der Waals surface area contributed by atoms with Crippen molar-refractivity contribution in [2.45, 2.75) is 19.9 Å². The fourth-order valence-corrected chi connectivity index (χ4v) is 4.48. The number of allylic oxidation sites excluding steroid dienone is 1. The molecule has 1 fully saturated rings. The van der Waals surface area contributed by atoms with Crippen LogP contribution in [0.5, 0.6) is 11.5 Å². The zero-order chi connectivity index (χ0) is 22.5. The molecule has 1 saturated heterocycles. The van der Waals surface area contributed by atoms with Crippen molar-refractivity contribution in [3.63, 3.8) is 0 Å². The van der Waals surface area contributed by atoms with E-state index in [0.29, 0.717) is 45.0 Å². The predicted molar refractivity (Wildman–Crippen MR) is 126 cm³/mol. The molecule has 0 atom stereocenters. The molecule has 8 heteroatoms. The molecule has 1 aliphatic rings. The predicted octanol–water partition coefficient (Wildman–Crippen LogP) is 6.37. The van der Waals surface area contributed by atoms with E-state index in [1.807, 2.05) is 13.0 Å². The molecular weight excluding hydrogens is 457 g/mol. The number of benzene rings is 2. The molecule has 1 heterocycles. The number of hydrogen-bond donors (Lipinski definition) is 0. The fraction of sp³-hybridized carbons (Fsp3) is 0.217. The molecule has 0 aliphatic carbocycles. The van der Waals surface area contributed by atoms with Gasteiger partial charge in [0.05, 0.1) is 25.2 Å². The molecule has 0 spiro atoms. The van der Waals surface area contributed by atoms with Crippen molar-refractivity contribution in [1.29, 1.82) is 0 Å². The largest absolute Gasteiger partial charge is 0.493 e. The molecule has 0 bridgehead atoms. The van der Waals surface area contributed by atoms with Crippen molar-refractivity contribution in [3.8, 4) is 11.5 Å². The summed E-state index contributed by atoms with van der Waals surface area (Å²) < 4.78 is 11.2. The minimum absolute atomic E-state index is 0.0759. The number of imide groups is 1. The first-order chi connectivity index (χ1) is 14.9. The maximum atomic E-state index is 12.9. The summed E-state index contributed by atoms with van der Waals surface area (Å²) in [6.45, 7) is 6.21. The molecule has 0 saturated carbocycles. The standard InChI is InChI=1S/C23H21Cl2NO4S/c1-4-6-15-9-14(10-19(30-5-2)21(15)29-3)11-20-22(27)26(23(28)31-20)13-16-7-8-17(24)12-18(16)25/h4,7-12H,1,5-6,13H2,2-3H3/b20-11+. The third-order valence-corrected chi connectivity index (χ3v) is 6.03. The van der Waals surface area contributed by atoms with E-state index in [-0.39, 0.29) is 17.7 Å². The Labute approximate surface area is 195 Å². The van der Waals surface area contributed by atoms with Gasteiger partial charge in [-0.15, -0.1) is 6.58 Å². The number of thioether (sulfide) groups is 1. The van der Waals surface area contributed by atoms with Crippen molar-refractivity contribution in [3.05, 3.63) is 74.6 Å². The summed E-state index contributed by atoms with van der Waals surface area (Å²) in [6, 6.07) is 8.65. The smallest absolute Gasteiger partial charge is 0.293 e. The van der Waals surface area contributed by atoms with Gasteiger partial charge in [-0.25, -0.2) is 0 Å². The molecule has 2 aromatic rings. The topological polar surface area (TPSA) is 55.8 Å². The van der Waals surface area contributed by atoms with E-state index >= 15 is 0 Å². The highest BCUT2D eigenvalue weighted by Crippen LogP contribution is 2.38. The second kappa shape index (κ2) is 10.3. The number of amides is 2. The van der Waals surface area contributed by atoms with Crippen LogP contribution in [0.15, 0.2) is 47.9 Å². The monoisotopic (exact) mass is 477 g/mol. The number of carbonyl (C=O) groups is 2. The molecule has 31 heavy (non-hydrogen) atoms. The number of nitrogens with zero attached hydrogens (tertiary/aromatic N) is 1. The number of rotatable bonds is 8. The van der Waals surface area contributed by atoms with Gasteiger partial charge in [0.2, 0.25) is 0 Å². The average molecular weight is 478 g/mol. The zero-order valence-corrected chi connectivity index (χ0v) is 19.4. The Hall–Kier alpha value is -2.41. The van der Waals surface area contributed by atoms with Crippen LogP contribution in [0, 0.1) is 0 Å². The summed E-state index contributed by atoms with van der Waals surface area (Å²) in [5.74, 6) is 0.826. The Kier molecular flexibility index (Phi) is 7.70. The molecular formula is C23H21Cl2NO4S. The highest BCUT2D eigenvalue weighted by atomic mass is 35.5. The van der Waals surface area contributed by atoms with Crippen molar-refractivity contribution in [1.82, 2.24) is 4.90 Å². The van der Waals surface area contributed by atoms with E-state index in [2.05, 4.69) is 6.58 Å². The second-order valence-corrected chi connectivity index (χ2v) is 8.48. The first kappa shape index (κ1) is 23.3. The summed E-state index contributed by atoms with van der Waals surface area (Å²) in [5.41, 5.74) is 2.25. The van der Waals surface area contributed by atoms with Crippen LogP contribution in [0.1, 0.15) is 23.6 Å². The molecule has 2 aromatic carbocycles. The molecule has 0 unspecified atom stereocenters. The summed E-state index contributed by atoms with van der Waals surface area (Å²) in [7, 11) is 1.58. The Morgan fingerprint density at radius 3 is 2.58 bits per heavy atom. The molecule has 162 valence electrons. The Morgan fingerprint density at radius 2 is 1.94 bits per heavy atom. The number of hydrogen-bond acceptors (Lipinski definition) is 5. The quantitative estimate of drug-likeness (QED) is 0.326. The SMILES string of the molecule is C=CCc1cc(/C=C2/SC(=O)N(Cc3ccc(Cl)cc3Cl)C2=O)cc(OCC)c1OC. The Bertz CT molecular complexity index is 1070. The summed E-state index contributed by atoms with van der Waals surface area (Å²) >= 11 is 13.0. The average Bonchev–Trinajstić information content (AvgIpc) is 2.97. The molecule has 3 rings (SSSR count). The van der Waals surface area contributed by atoms with Crippen molar-refractivity contribution >= 4 is 52.2 Å². The summed E-state index contributed by atoms with van der Waals surface area (Å²) in [6.07, 6.45) is 4.02. The lowest BCUT2D eigenvalue weighted by Gasteiger charge is -2.15. The van der Waals surface area contributed by atoms with Crippen molar-refractivity contribution < 1.29 is 19.1 Å². The number of methoxy groups -OCH3 is 1. The first-order valence-electron chi connectivity index (χ1n) is 9.51. The lowest BCUT2D eigenvalue weighted by Crippen LogP contribution is -2.27. The van der Waals surface area contributed by atoms with E-state index in [1.54, 1.807) is 43.5 Å². The molecule has 2 amide bonds. The molecule has 0 radical (unpaired) electrons.